The second-order valence-electron chi connectivity index (χ2n) is 5.90. The molecule has 1 aliphatic carbocycles. The van der Waals surface area contributed by atoms with Crippen molar-refractivity contribution in [2.45, 2.75) is 25.7 Å². The van der Waals surface area contributed by atoms with Crippen LogP contribution in [0.25, 0.3) is 0 Å². The van der Waals surface area contributed by atoms with E-state index in [2.05, 4.69) is 22.3 Å². The van der Waals surface area contributed by atoms with E-state index in [1.807, 2.05) is 18.2 Å². The van der Waals surface area contributed by atoms with Crippen LogP contribution in [-0.2, 0) is 11.2 Å². The zero-order valence-corrected chi connectivity index (χ0v) is 12.8. The van der Waals surface area contributed by atoms with Crippen molar-refractivity contribution in [3.8, 4) is 0 Å². The van der Waals surface area contributed by atoms with E-state index in [4.69, 9.17) is 5.73 Å². The van der Waals surface area contributed by atoms with Gasteiger partial charge in [-0.3, -0.25) is 9.69 Å². The highest BCUT2D eigenvalue weighted by Crippen LogP contribution is 2.25. The molecule has 1 aliphatic rings. The smallest absolute Gasteiger partial charge is 0.234 e. The summed E-state index contributed by atoms with van der Waals surface area (Å²) >= 11 is 0. The Hall–Kier alpha value is -1.39. The van der Waals surface area contributed by atoms with Crippen LogP contribution in [-0.4, -0.2) is 43.5 Å². The summed E-state index contributed by atoms with van der Waals surface area (Å²) in [6.07, 6.45) is 4.80. The highest BCUT2D eigenvalue weighted by molar-refractivity contribution is 5.78. The Morgan fingerprint density at radius 1 is 1.24 bits per heavy atom. The minimum atomic E-state index is 0.128. The SMILES string of the molecule is NCCN(CCc1ccccc1)CC(=O)NCC1CCC1. The molecule has 0 saturated heterocycles. The molecule has 21 heavy (non-hydrogen) atoms. The summed E-state index contributed by atoms with van der Waals surface area (Å²) < 4.78 is 0. The average Bonchev–Trinajstić information content (AvgIpc) is 2.44. The quantitative estimate of drug-likeness (QED) is 0.722. The van der Waals surface area contributed by atoms with Crippen LogP contribution in [0.4, 0.5) is 0 Å². The number of carbonyl (C=O) groups excluding carboxylic acids is 1. The molecule has 1 aromatic rings. The number of nitrogens with one attached hydrogen (secondary N) is 1. The highest BCUT2D eigenvalue weighted by Gasteiger charge is 2.18. The summed E-state index contributed by atoms with van der Waals surface area (Å²) in [6.45, 7) is 3.52. The molecule has 4 nitrogen and oxygen atoms in total. The maximum Gasteiger partial charge on any atom is 0.234 e. The molecule has 3 N–H and O–H groups in total. The van der Waals surface area contributed by atoms with Gasteiger partial charge in [-0.15, -0.1) is 0 Å². The van der Waals surface area contributed by atoms with E-state index in [9.17, 15) is 4.79 Å². The molecule has 2 rings (SSSR count). The van der Waals surface area contributed by atoms with Gasteiger partial charge in [0.15, 0.2) is 0 Å². The molecule has 0 spiro atoms. The molecule has 1 saturated carbocycles. The number of nitrogens with two attached hydrogens (primary N) is 1. The third-order valence-corrected chi connectivity index (χ3v) is 4.18. The summed E-state index contributed by atoms with van der Waals surface area (Å²) in [7, 11) is 0. The van der Waals surface area contributed by atoms with Crippen LogP contribution < -0.4 is 11.1 Å². The molecule has 0 unspecified atom stereocenters. The minimum Gasteiger partial charge on any atom is -0.355 e. The van der Waals surface area contributed by atoms with Gasteiger partial charge in [-0.05, 0) is 30.7 Å². The van der Waals surface area contributed by atoms with Gasteiger partial charge in [0, 0.05) is 26.2 Å². The molecule has 0 bridgehead atoms. The largest absolute Gasteiger partial charge is 0.355 e. The Morgan fingerprint density at radius 3 is 2.62 bits per heavy atom. The molecule has 0 aliphatic heterocycles. The third-order valence-electron chi connectivity index (χ3n) is 4.18. The van der Waals surface area contributed by atoms with Gasteiger partial charge in [-0.1, -0.05) is 36.8 Å². The van der Waals surface area contributed by atoms with Crippen molar-refractivity contribution in [1.82, 2.24) is 10.2 Å². The maximum absolute atomic E-state index is 12.0. The summed E-state index contributed by atoms with van der Waals surface area (Å²) in [5.41, 5.74) is 6.95. The van der Waals surface area contributed by atoms with E-state index < -0.39 is 0 Å². The Kier molecular flexibility index (Phi) is 6.70. The first-order valence-electron chi connectivity index (χ1n) is 8.01. The van der Waals surface area contributed by atoms with E-state index in [1.54, 1.807) is 0 Å². The molecule has 1 aromatic carbocycles. The third kappa shape index (κ3) is 5.86. The topological polar surface area (TPSA) is 58.4 Å². The van der Waals surface area contributed by atoms with E-state index >= 15 is 0 Å². The number of benzene rings is 1. The zero-order valence-electron chi connectivity index (χ0n) is 12.8. The van der Waals surface area contributed by atoms with E-state index in [0.717, 1.165) is 26.1 Å². The molecule has 4 heteroatoms. The fraction of sp³-hybridized carbons (Fsp3) is 0.588. The Morgan fingerprint density at radius 2 is 2.00 bits per heavy atom. The fourth-order valence-corrected chi connectivity index (χ4v) is 2.60. The lowest BCUT2D eigenvalue weighted by molar-refractivity contribution is -0.122. The number of hydrogen-bond donors (Lipinski definition) is 2. The number of nitrogens with zero attached hydrogens (tertiary/aromatic N) is 1. The van der Waals surface area contributed by atoms with E-state index in [1.165, 1.54) is 24.8 Å². The first-order chi connectivity index (χ1) is 10.3. The summed E-state index contributed by atoms with van der Waals surface area (Å²) in [5, 5.41) is 3.05. The van der Waals surface area contributed by atoms with Gasteiger partial charge in [-0.25, -0.2) is 0 Å². The van der Waals surface area contributed by atoms with Crippen molar-refractivity contribution in [1.29, 1.82) is 0 Å². The zero-order chi connectivity index (χ0) is 14.9. The Balaban J connectivity index is 1.70. The first-order valence-corrected chi connectivity index (χ1v) is 8.01. The monoisotopic (exact) mass is 289 g/mol. The average molecular weight is 289 g/mol. The van der Waals surface area contributed by atoms with Crippen molar-refractivity contribution in [2.75, 3.05) is 32.7 Å². The van der Waals surface area contributed by atoms with Gasteiger partial charge < -0.3 is 11.1 Å². The molecular weight excluding hydrogens is 262 g/mol. The predicted octanol–water partition coefficient (Wildman–Crippen LogP) is 1.41. The second-order valence-corrected chi connectivity index (χ2v) is 5.90. The number of rotatable bonds is 9. The van der Waals surface area contributed by atoms with Crippen molar-refractivity contribution in [2.24, 2.45) is 11.7 Å². The van der Waals surface area contributed by atoms with Crippen molar-refractivity contribution in [3.63, 3.8) is 0 Å². The fourth-order valence-electron chi connectivity index (χ4n) is 2.60. The molecule has 116 valence electrons. The van der Waals surface area contributed by atoms with Gasteiger partial charge in [0.25, 0.3) is 0 Å². The standard InChI is InChI=1S/C17H27N3O/c18-10-12-20(11-9-15-5-2-1-3-6-15)14-17(21)19-13-16-7-4-8-16/h1-3,5-6,16H,4,7-14,18H2,(H,19,21). The van der Waals surface area contributed by atoms with E-state index in [0.29, 0.717) is 19.0 Å². The maximum atomic E-state index is 12.0. The normalized spacial score (nSPS) is 15.0. The van der Waals surface area contributed by atoms with Crippen LogP contribution >= 0.6 is 0 Å². The molecule has 0 radical (unpaired) electrons. The van der Waals surface area contributed by atoms with Crippen molar-refractivity contribution >= 4 is 5.91 Å². The van der Waals surface area contributed by atoms with Gasteiger partial charge in [0.05, 0.1) is 6.54 Å². The Labute approximate surface area is 127 Å². The van der Waals surface area contributed by atoms with Gasteiger partial charge in [-0.2, -0.15) is 0 Å². The lowest BCUT2D eigenvalue weighted by atomic mass is 9.85. The minimum absolute atomic E-state index is 0.128. The Bertz CT molecular complexity index is 417. The van der Waals surface area contributed by atoms with Crippen LogP contribution in [0.5, 0.6) is 0 Å². The van der Waals surface area contributed by atoms with Gasteiger partial charge in [0.1, 0.15) is 0 Å². The number of carbonyl (C=O) groups is 1. The first kappa shape index (κ1) is 16.0. The molecular formula is C17H27N3O. The molecule has 0 aromatic heterocycles. The lowest BCUT2D eigenvalue weighted by Crippen LogP contribution is -2.42. The van der Waals surface area contributed by atoms with Crippen LogP contribution in [0.15, 0.2) is 30.3 Å². The summed E-state index contributed by atoms with van der Waals surface area (Å²) in [6, 6.07) is 10.4. The lowest BCUT2D eigenvalue weighted by Gasteiger charge is -2.26. The van der Waals surface area contributed by atoms with E-state index in [-0.39, 0.29) is 5.91 Å². The van der Waals surface area contributed by atoms with Gasteiger partial charge >= 0.3 is 0 Å². The molecule has 1 amide bonds. The number of amides is 1. The van der Waals surface area contributed by atoms with Crippen LogP contribution in [0, 0.1) is 5.92 Å². The van der Waals surface area contributed by atoms with Crippen LogP contribution in [0.2, 0.25) is 0 Å². The molecule has 0 heterocycles. The van der Waals surface area contributed by atoms with Crippen LogP contribution in [0.3, 0.4) is 0 Å². The second kappa shape index (κ2) is 8.80. The van der Waals surface area contributed by atoms with Gasteiger partial charge in [0.2, 0.25) is 5.91 Å². The molecule has 1 fully saturated rings. The number of hydrogen-bond acceptors (Lipinski definition) is 3. The highest BCUT2D eigenvalue weighted by atomic mass is 16.2. The summed E-state index contributed by atoms with van der Waals surface area (Å²) in [4.78, 5) is 14.1. The van der Waals surface area contributed by atoms with Crippen molar-refractivity contribution < 1.29 is 4.79 Å². The summed E-state index contributed by atoms with van der Waals surface area (Å²) in [5.74, 6) is 0.838. The predicted molar refractivity (Wildman–Crippen MR) is 86.0 cm³/mol. The van der Waals surface area contributed by atoms with Crippen LogP contribution in [0.1, 0.15) is 24.8 Å². The van der Waals surface area contributed by atoms with Crippen molar-refractivity contribution in [3.05, 3.63) is 35.9 Å². The molecule has 0 atom stereocenters.